The van der Waals surface area contributed by atoms with Crippen LogP contribution in [0.2, 0.25) is 0 Å². The van der Waals surface area contributed by atoms with Crippen molar-refractivity contribution in [2.45, 2.75) is 354 Å². The molecule has 0 aliphatic heterocycles. The van der Waals surface area contributed by atoms with Gasteiger partial charge in [0.25, 0.3) is 0 Å². The van der Waals surface area contributed by atoms with Gasteiger partial charge in [-0.2, -0.15) is 0 Å². The van der Waals surface area contributed by atoms with E-state index < -0.39 is 26.5 Å². The molecule has 0 radical (unpaired) electrons. The van der Waals surface area contributed by atoms with E-state index in [0.717, 1.165) is 64.2 Å². The van der Waals surface area contributed by atoms with E-state index in [0.29, 0.717) is 6.42 Å². The monoisotopic (exact) mass is 1130 g/mol. The van der Waals surface area contributed by atoms with Crippen LogP contribution in [0, 0.1) is 0 Å². The van der Waals surface area contributed by atoms with Crippen molar-refractivity contribution >= 4 is 19.8 Å². The number of ether oxygens (including phenoxy) is 2. The highest BCUT2D eigenvalue weighted by Crippen LogP contribution is 2.43. The summed E-state index contributed by atoms with van der Waals surface area (Å²) < 4.78 is 33.2. The molecule has 0 bridgehead atoms. The second kappa shape index (κ2) is 65.1. The van der Waals surface area contributed by atoms with Crippen LogP contribution in [0.3, 0.4) is 0 Å². The van der Waals surface area contributed by atoms with Crippen LogP contribution >= 0.6 is 7.82 Å². The first kappa shape index (κ1) is 77.0. The minimum Gasteiger partial charge on any atom is -0.462 e. The summed E-state index contributed by atoms with van der Waals surface area (Å²) in [4.78, 5) is 35.3. The Hall–Kier alpha value is -2.03. The van der Waals surface area contributed by atoms with E-state index in [9.17, 15) is 19.0 Å². The highest BCUT2D eigenvalue weighted by Gasteiger charge is 2.26. The number of esters is 2. The van der Waals surface area contributed by atoms with Crippen LogP contribution in [0.25, 0.3) is 0 Å². The van der Waals surface area contributed by atoms with Crippen LogP contribution in [0.5, 0.6) is 0 Å². The number of nitrogens with two attached hydrogens (primary N) is 1. The SMILES string of the molecule is CC/C=C\C/C=C\C/C=C\C/C=C\CCCCCCCCCCCCCCCCCCC(=O)OC(COC(=O)CCCCCCCCCCCCCCCCCCCCCCCCCCCCCCC)COP(=O)(O)OCCN. The molecule has 0 aromatic rings. The van der Waals surface area contributed by atoms with Crippen molar-refractivity contribution < 1.29 is 37.6 Å². The van der Waals surface area contributed by atoms with Gasteiger partial charge < -0.3 is 20.1 Å². The molecule has 0 aliphatic carbocycles. The van der Waals surface area contributed by atoms with E-state index in [1.165, 1.54) is 250 Å². The number of phosphoric acid groups is 1. The van der Waals surface area contributed by atoms with Crippen molar-refractivity contribution in [1.29, 1.82) is 0 Å². The Morgan fingerprint density at radius 1 is 0.392 bits per heavy atom. The average Bonchev–Trinajstić information content (AvgIpc) is 3.44. The molecule has 0 amide bonds. The molecule has 9 nitrogen and oxygen atoms in total. The molecule has 10 heteroatoms. The van der Waals surface area contributed by atoms with E-state index >= 15 is 0 Å². The lowest BCUT2D eigenvalue weighted by atomic mass is 10.0. The molecule has 0 fully saturated rings. The summed E-state index contributed by atoms with van der Waals surface area (Å²) in [5.41, 5.74) is 5.40. The molecule has 3 N–H and O–H groups in total. The standard InChI is InChI=1S/C69H130NO8P/c1-3-5-7-9-11-13-15-17-19-21-23-25-27-29-31-33-35-37-39-41-43-45-47-49-51-53-55-57-59-61-68(71)75-65-67(66-77-79(73,74)76-64-63-70)78-69(72)62-60-58-56-54-52-50-48-46-44-42-40-38-36-34-32-30-28-26-24-22-20-18-16-14-12-10-8-6-4-2/h6,8,12,14,18,20,24,26,67H,3-5,7,9-11,13,15-17,19,21-23,25,27-66,70H2,1-2H3,(H,73,74)/b8-6-,14-12-,20-18-,26-24-. The summed E-state index contributed by atoms with van der Waals surface area (Å²) in [6.45, 7) is 3.70. The van der Waals surface area contributed by atoms with Gasteiger partial charge in [0.2, 0.25) is 0 Å². The second-order valence-corrected chi connectivity index (χ2v) is 24.5. The van der Waals surface area contributed by atoms with Gasteiger partial charge in [0.15, 0.2) is 6.10 Å². The third kappa shape index (κ3) is 65.0. The Balaban J connectivity index is 3.84. The number of phosphoric ester groups is 1. The Labute approximate surface area is 489 Å². The summed E-state index contributed by atoms with van der Waals surface area (Å²) in [5, 5.41) is 0. The van der Waals surface area contributed by atoms with Crippen LogP contribution in [0.4, 0.5) is 0 Å². The molecule has 0 aliphatic rings. The predicted octanol–water partition coefficient (Wildman–Crippen LogP) is 22.1. The normalized spacial score (nSPS) is 13.2. The predicted molar refractivity (Wildman–Crippen MR) is 340 cm³/mol. The van der Waals surface area contributed by atoms with Crippen LogP contribution in [0.1, 0.15) is 348 Å². The van der Waals surface area contributed by atoms with Gasteiger partial charge >= 0.3 is 19.8 Å². The molecule has 2 unspecified atom stereocenters. The van der Waals surface area contributed by atoms with Crippen molar-refractivity contribution in [1.82, 2.24) is 0 Å². The van der Waals surface area contributed by atoms with Crippen LogP contribution < -0.4 is 5.73 Å². The van der Waals surface area contributed by atoms with Gasteiger partial charge in [-0.25, -0.2) is 4.57 Å². The first-order valence-electron chi connectivity index (χ1n) is 34.1. The number of carbonyl (C=O) groups is 2. The lowest BCUT2D eigenvalue weighted by Gasteiger charge is -2.19. The fourth-order valence-electron chi connectivity index (χ4n) is 10.2. The van der Waals surface area contributed by atoms with Crippen LogP contribution in [-0.4, -0.2) is 49.3 Å². The number of carbonyl (C=O) groups excluding carboxylic acids is 2. The average molecular weight is 1130 g/mol. The van der Waals surface area contributed by atoms with Crippen molar-refractivity contribution in [3.63, 3.8) is 0 Å². The Morgan fingerprint density at radius 2 is 0.696 bits per heavy atom. The lowest BCUT2D eigenvalue weighted by molar-refractivity contribution is -0.161. The topological polar surface area (TPSA) is 134 Å². The Bertz CT molecular complexity index is 1430. The van der Waals surface area contributed by atoms with Crippen LogP contribution in [-0.2, 0) is 32.7 Å². The summed E-state index contributed by atoms with van der Waals surface area (Å²) in [6, 6.07) is 0. The van der Waals surface area contributed by atoms with Gasteiger partial charge in [-0.3, -0.25) is 18.6 Å². The Kier molecular flexibility index (Phi) is 63.5. The van der Waals surface area contributed by atoms with E-state index in [-0.39, 0.29) is 38.6 Å². The van der Waals surface area contributed by atoms with Gasteiger partial charge in [-0.1, -0.05) is 332 Å². The molecule has 2 atom stereocenters. The summed E-state index contributed by atoms with van der Waals surface area (Å²) >= 11 is 0. The lowest BCUT2D eigenvalue weighted by Crippen LogP contribution is -2.29. The van der Waals surface area contributed by atoms with Crippen molar-refractivity contribution in [3.05, 3.63) is 48.6 Å². The zero-order chi connectivity index (χ0) is 57.3. The van der Waals surface area contributed by atoms with Gasteiger partial charge in [0.1, 0.15) is 6.61 Å². The number of allylic oxidation sites excluding steroid dienone is 8. The van der Waals surface area contributed by atoms with Gasteiger partial charge in [0, 0.05) is 19.4 Å². The molecule has 464 valence electrons. The molecule has 0 aromatic heterocycles. The zero-order valence-electron chi connectivity index (χ0n) is 52.1. The smallest absolute Gasteiger partial charge is 0.462 e. The maximum absolute atomic E-state index is 12.8. The summed E-state index contributed by atoms with van der Waals surface area (Å²) in [5.74, 6) is -0.808. The van der Waals surface area contributed by atoms with Gasteiger partial charge in [0.05, 0.1) is 13.2 Å². The molecule has 79 heavy (non-hydrogen) atoms. The van der Waals surface area contributed by atoms with E-state index in [1.54, 1.807) is 0 Å². The number of unbranched alkanes of at least 4 members (excludes halogenated alkanes) is 44. The van der Waals surface area contributed by atoms with Gasteiger partial charge in [-0.15, -0.1) is 0 Å². The zero-order valence-corrected chi connectivity index (χ0v) is 53.0. The molecule has 0 spiro atoms. The van der Waals surface area contributed by atoms with Crippen molar-refractivity contribution in [3.8, 4) is 0 Å². The maximum Gasteiger partial charge on any atom is 0.472 e. The van der Waals surface area contributed by atoms with Crippen molar-refractivity contribution in [2.24, 2.45) is 5.73 Å². The maximum atomic E-state index is 12.8. The third-order valence-electron chi connectivity index (χ3n) is 15.2. The Morgan fingerprint density at radius 3 is 1.04 bits per heavy atom. The fourth-order valence-corrected chi connectivity index (χ4v) is 11.0. The van der Waals surface area contributed by atoms with E-state index in [2.05, 4.69) is 62.5 Å². The van der Waals surface area contributed by atoms with E-state index in [4.69, 9.17) is 24.3 Å². The highest BCUT2D eigenvalue weighted by atomic mass is 31.2. The molecule has 0 saturated heterocycles. The first-order chi connectivity index (χ1) is 38.8. The molecular weight excluding hydrogens is 1000 g/mol. The number of hydrogen-bond donors (Lipinski definition) is 2. The minimum atomic E-state index is -4.39. The highest BCUT2D eigenvalue weighted by molar-refractivity contribution is 7.47. The first-order valence-corrected chi connectivity index (χ1v) is 35.6. The largest absolute Gasteiger partial charge is 0.472 e. The fraction of sp³-hybridized carbons (Fsp3) is 0.855. The molecule has 0 aromatic carbocycles. The quantitative estimate of drug-likeness (QED) is 0.0264. The number of rotatable bonds is 65. The van der Waals surface area contributed by atoms with Gasteiger partial charge in [-0.05, 0) is 51.4 Å². The summed E-state index contributed by atoms with van der Waals surface area (Å²) in [7, 11) is -4.39. The number of hydrogen-bond acceptors (Lipinski definition) is 8. The summed E-state index contributed by atoms with van der Waals surface area (Å²) in [6.07, 6.45) is 82.1. The van der Waals surface area contributed by atoms with E-state index in [1.807, 2.05) is 0 Å². The third-order valence-corrected chi connectivity index (χ3v) is 16.2. The minimum absolute atomic E-state index is 0.0551. The van der Waals surface area contributed by atoms with Crippen molar-refractivity contribution in [2.75, 3.05) is 26.4 Å². The molecule has 0 rings (SSSR count). The van der Waals surface area contributed by atoms with Crippen LogP contribution in [0.15, 0.2) is 48.6 Å². The molecule has 0 heterocycles. The second-order valence-electron chi connectivity index (χ2n) is 23.0. The molecule has 0 saturated carbocycles. The molecular formula is C69H130NO8P.